The van der Waals surface area contributed by atoms with Crippen molar-refractivity contribution in [2.24, 2.45) is 0 Å². The van der Waals surface area contributed by atoms with E-state index < -0.39 is 11.7 Å². The third-order valence-corrected chi connectivity index (χ3v) is 7.36. The molecule has 3 aromatic carbocycles. The van der Waals surface area contributed by atoms with Crippen LogP contribution in [0.2, 0.25) is 0 Å². The first kappa shape index (κ1) is 32.2. The van der Waals surface area contributed by atoms with Crippen molar-refractivity contribution in [3.8, 4) is 22.8 Å². The van der Waals surface area contributed by atoms with Crippen molar-refractivity contribution in [1.29, 1.82) is 0 Å². The quantitative estimate of drug-likeness (QED) is 0.136. The Labute approximate surface area is 269 Å². The fourth-order valence-corrected chi connectivity index (χ4v) is 5.40. The molecule has 4 aromatic rings. The maximum absolute atomic E-state index is 12.8. The van der Waals surface area contributed by atoms with Crippen LogP contribution in [-0.4, -0.2) is 41.7 Å². The second-order valence-electron chi connectivity index (χ2n) is 12.2. The molecule has 0 unspecified atom stereocenters. The normalized spacial score (nSPS) is 12.1. The van der Waals surface area contributed by atoms with Gasteiger partial charge in [-0.05, 0) is 86.2 Å². The Kier molecular flexibility index (Phi) is 10.0. The number of rotatable bonds is 11. The number of aromatic nitrogens is 1. The van der Waals surface area contributed by atoms with Crippen molar-refractivity contribution in [2.75, 3.05) is 13.2 Å². The predicted molar refractivity (Wildman–Crippen MR) is 175 cm³/mol. The molecular formula is C37H39N3O6. The highest BCUT2D eigenvalue weighted by molar-refractivity contribution is 5.94. The Hall–Kier alpha value is -5.18. The standard InChI is InChI=1S/C37H39N3O6/c1-24-19-25(22-39-36(43)46-37(2,3)4)20-33(40-24)45-27-12-9-11-26(21-27)35(42)38-18-10-17-34(41)44-23-32-30-15-7-5-13-28(30)29-14-6-8-16-31(29)32/h5-9,11-16,19-21,32H,10,17-18,22-23H2,1-4H3,(H,38,42)(H,39,43). The monoisotopic (exact) mass is 621 g/mol. The molecule has 2 amide bonds. The molecule has 0 fully saturated rings. The van der Waals surface area contributed by atoms with E-state index >= 15 is 0 Å². The van der Waals surface area contributed by atoms with Crippen LogP contribution >= 0.6 is 0 Å². The molecule has 1 aliphatic rings. The van der Waals surface area contributed by atoms with E-state index in [9.17, 15) is 14.4 Å². The van der Waals surface area contributed by atoms with Gasteiger partial charge in [-0.15, -0.1) is 0 Å². The van der Waals surface area contributed by atoms with Crippen molar-refractivity contribution in [1.82, 2.24) is 15.6 Å². The number of aryl methyl sites for hydroxylation is 1. The number of esters is 1. The number of ether oxygens (including phenoxy) is 3. The van der Waals surface area contributed by atoms with Crippen LogP contribution in [0, 0.1) is 6.92 Å². The molecule has 9 nitrogen and oxygen atoms in total. The number of carbonyl (C=O) groups is 3. The topological polar surface area (TPSA) is 116 Å². The summed E-state index contributed by atoms with van der Waals surface area (Å²) in [7, 11) is 0. The van der Waals surface area contributed by atoms with Gasteiger partial charge in [-0.1, -0.05) is 54.6 Å². The summed E-state index contributed by atoms with van der Waals surface area (Å²) in [6.07, 6.45) is 0.136. The Morgan fingerprint density at radius 3 is 2.24 bits per heavy atom. The lowest BCUT2D eigenvalue weighted by molar-refractivity contribution is -0.144. The summed E-state index contributed by atoms with van der Waals surface area (Å²) < 4.78 is 16.9. The first-order valence-electron chi connectivity index (χ1n) is 15.4. The molecule has 9 heteroatoms. The zero-order valence-corrected chi connectivity index (χ0v) is 26.6. The summed E-state index contributed by atoms with van der Waals surface area (Å²) in [4.78, 5) is 41.8. The van der Waals surface area contributed by atoms with Crippen LogP contribution in [-0.2, 0) is 20.8 Å². The Balaban J connectivity index is 1.08. The number of hydrogen-bond acceptors (Lipinski definition) is 7. The lowest BCUT2D eigenvalue weighted by Crippen LogP contribution is -2.32. The maximum Gasteiger partial charge on any atom is 0.407 e. The molecule has 1 aliphatic carbocycles. The number of nitrogens with zero attached hydrogens (tertiary/aromatic N) is 1. The Morgan fingerprint density at radius 2 is 1.54 bits per heavy atom. The fourth-order valence-electron chi connectivity index (χ4n) is 5.40. The second kappa shape index (κ2) is 14.3. The van der Waals surface area contributed by atoms with E-state index in [1.54, 1.807) is 51.1 Å². The lowest BCUT2D eigenvalue weighted by atomic mass is 9.98. The van der Waals surface area contributed by atoms with Crippen LogP contribution in [0.15, 0.2) is 84.9 Å². The first-order valence-corrected chi connectivity index (χ1v) is 15.4. The number of pyridine rings is 1. The number of alkyl carbamates (subject to hydrolysis) is 1. The van der Waals surface area contributed by atoms with Gasteiger partial charge in [0.15, 0.2) is 0 Å². The molecule has 1 heterocycles. The summed E-state index contributed by atoms with van der Waals surface area (Å²) in [6.45, 7) is 8.08. The predicted octanol–water partition coefficient (Wildman–Crippen LogP) is 7.07. The van der Waals surface area contributed by atoms with Gasteiger partial charge >= 0.3 is 12.1 Å². The van der Waals surface area contributed by atoms with Gasteiger partial charge in [-0.2, -0.15) is 0 Å². The number of amides is 2. The van der Waals surface area contributed by atoms with Gasteiger partial charge in [-0.3, -0.25) is 9.59 Å². The van der Waals surface area contributed by atoms with E-state index in [0.717, 1.165) is 5.56 Å². The molecule has 0 spiro atoms. The average molecular weight is 622 g/mol. The zero-order chi connectivity index (χ0) is 32.7. The molecule has 0 radical (unpaired) electrons. The molecule has 238 valence electrons. The van der Waals surface area contributed by atoms with Crippen molar-refractivity contribution in [3.63, 3.8) is 0 Å². The number of fused-ring (bicyclic) bond motifs is 3. The molecule has 0 saturated heterocycles. The smallest absolute Gasteiger partial charge is 0.407 e. The van der Waals surface area contributed by atoms with Crippen LogP contribution in [0.25, 0.3) is 11.1 Å². The highest BCUT2D eigenvalue weighted by Gasteiger charge is 2.29. The number of benzene rings is 3. The molecule has 5 rings (SSSR count). The fraction of sp³-hybridized carbons (Fsp3) is 0.297. The van der Waals surface area contributed by atoms with E-state index in [1.807, 2.05) is 37.3 Å². The third-order valence-electron chi connectivity index (χ3n) is 7.36. The van der Waals surface area contributed by atoms with Crippen LogP contribution in [0.1, 0.15) is 72.3 Å². The van der Waals surface area contributed by atoms with Crippen molar-refractivity contribution in [2.45, 2.75) is 58.6 Å². The SMILES string of the molecule is Cc1cc(CNC(=O)OC(C)(C)C)cc(Oc2cccc(C(=O)NCCCC(=O)OCC3c4ccccc4-c4ccccc43)c2)n1. The van der Waals surface area contributed by atoms with Crippen LogP contribution in [0.5, 0.6) is 11.6 Å². The van der Waals surface area contributed by atoms with Crippen LogP contribution in [0.4, 0.5) is 4.79 Å². The van der Waals surface area contributed by atoms with Crippen molar-refractivity contribution >= 4 is 18.0 Å². The first-order chi connectivity index (χ1) is 22.1. The van der Waals surface area contributed by atoms with Crippen LogP contribution in [0.3, 0.4) is 0 Å². The van der Waals surface area contributed by atoms with Crippen molar-refractivity contribution in [3.05, 3.63) is 113 Å². The molecule has 0 saturated carbocycles. The Morgan fingerprint density at radius 1 is 0.848 bits per heavy atom. The number of hydrogen-bond donors (Lipinski definition) is 2. The van der Waals surface area contributed by atoms with E-state index in [0.29, 0.717) is 35.9 Å². The molecule has 46 heavy (non-hydrogen) atoms. The zero-order valence-electron chi connectivity index (χ0n) is 26.6. The van der Waals surface area contributed by atoms with Gasteiger partial charge in [0.2, 0.25) is 5.88 Å². The molecule has 0 aliphatic heterocycles. The number of carbonyl (C=O) groups excluding carboxylic acids is 3. The number of nitrogens with one attached hydrogen (secondary N) is 2. The molecule has 0 atom stereocenters. The third kappa shape index (κ3) is 8.50. The lowest BCUT2D eigenvalue weighted by Gasteiger charge is -2.19. The van der Waals surface area contributed by atoms with E-state index in [4.69, 9.17) is 14.2 Å². The van der Waals surface area contributed by atoms with Gasteiger partial charge in [0, 0.05) is 42.8 Å². The molecular weight excluding hydrogens is 582 g/mol. The van der Waals surface area contributed by atoms with E-state index in [-0.39, 0.29) is 37.4 Å². The molecule has 0 bridgehead atoms. The summed E-state index contributed by atoms with van der Waals surface area (Å²) in [6, 6.07) is 26.8. The van der Waals surface area contributed by atoms with E-state index in [2.05, 4.69) is 39.9 Å². The minimum atomic E-state index is -0.591. The van der Waals surface area contributed by atoms with Crippen molar-refractivity contribution < 1.29 is 28.6 Å². The van der Waals surface area contributed by atoms with Gasteiger partial charge in [-0.25, -0.2) is 9.78 Å². The molecule has 1 aromatic heterocycles. The summed E-state index contributed by atoms with van der Waals surface area (Å²) in [5, 5.41) is 5.59. The highest BCUT2D eigenvalue weighted by Crippen LogP contribution is 2.44. The summed E-state index contributed by atoms with van der Waals surface area (Å²) >= 11 is 0. The minimum Gasteiger partial charge on any atom is -0.465 e. The van der Waals surface area contributed by atoms with Gasteiger partial charge in [0.1, 0.15) is 18.0 Å². The average Bonchev–Trinajstić information content (AvgIpc) is 3.33. The van der Waals surface area contributed by atoms with Gasteiger partial charge < -0.3 is 24.8 Å². The largest absolute Gasteiger partial charge is 0.465 e. The van der Waals surface area contributed by atoms with Gasteiger partial charge in [0.05, 0.1) is 0 Å². The minimum absolute atomic E-state index is 0.0148. The highest BCUT2D eigenvalue weighted by atomic mass is 16.6. The molecule has 2 N–H and O–H groups in total. The maximum atomic E-state index is 12.8. The van der Waals surface area contributed by atoms with Gasteiger partial charge in [0.25, 0.3) is 5.91 Å². The second-order valence-corrected chi connectivity index (χ2v) is 12.2. The summed E-state index contributed by atoms with van der Waals surface area (Å²) in [5.41, 5.74) is 6.03. The van der Waals surface area contributed by atoms with Crippen LogP contribution < -0.4 is 15.4 Å². The summed E-state index contributed by atoms with van der Waals surface area (Å²) in [5.74, 6) is 0.216. The van der Waals surface area contributed by atoms with E-state index in [1.165, 1.54) is 22.3 Å². The Bertz CT molecular complexity index is 1680.